The molecule has 0 saturated heterocycles. The van der Waals surface area contributed by atoms with E-state index in [-0.39, 0.29) is 12.3 Å². The van der Waals surface area contributed by atoms with Crippen LogP contribution < -0.4 is 9.30 Å². The van der Waals surface area contributed by atoms with Crippen molar-refractivity contribution in [3.63, 3.8) is 0 Å². The molecular weight excluding hydrogens is 296 g/mol. The average Bonchev–Trinajstić information content (AvgIpc) is 2.86. The number of rotatable bonds is 7. The van der Waals surface area contributed by atoms with Crippen molar-refractivity contribution in [2.45, 2.75) is 38.7 Å². The molecule has 0 spiro atoms. The van der Waals surface area contributed by atoms with Gasteiger partial charge in [0.15, 0.2) is 18.1 Å². The number of ether oxygens (including phenoxy) is 1. The Morgan fingerprint density at radius 1 is 1.33 bits per heavy atom. The molecule has 0 unspecified atom stereocenters. The number of hydrogen-bond acceptors (Lipinski definition) is 4. The maximum Gasteiger partial charge on any atom is 0.399 e. The third-order valence-electron chi connectivity index (χ3n) is 2.99. The number of unbranched alkanes of at least 4 members (excludes halogenated alkanes) is 2. The van der Waals surface area contributed by atoms with Crippen LogP contribution in [0.4, 0.5) is 8.78 Å². The molecule has 0 saturated carbocycles. The van der Waals surface area contributed by atoms with Crippen molar-refractivity contribution < 1.29 is 18.1 Å². The van der Waals surface area contributed by atoms with Crippen molar-refractivity contribution in [2.24, 2.45) is 7.05 Å². The predicted molar refractivity (Wildman–Crippen MR) is 76.2 cm³/mol. The molecule has 0 aliphatic rings. The first-order chi connectivity index (χ1) is 10.0. The summed E-state index contributed by atoms with van der Waals surface area (Å²) in [6.07, 6.45) is 2.20. The first-order valence-electron chi connectivity index (χ1n) is 6.87. The number of hydrogen-bond donors (Lipinski definition) is 0. The highest BCUT2D eigenvalue weighted by atomic mass is 32.1. The van der Waals surface area contributed by atoms with Crippen LogP contribution in [0.1, 0.15) is 32.6 Å². The van der Waals surface area contributed by atoms with Crippen molar-refractivity contribution in [1.82, 2.24) is 8.75 Å². The number of aryl methyl sites for hydroxylation is 1. The minimum absolute atomic E-state index is 0.104. The van der Waals surface area contributed by atoms with E-state index in [1.54, 1.807) is 12.3 Å². The minimum Gasteiger partial charge on any atom is -0.411 e. The Balaban J connectivity index is 2.13. The summed E-state index contributed by atoms with van der Waals surface area (Å²) < 4.78 is 42.1. The van der Waals surface area contributed by atoms with Gasteiger partial charge >= 0.3 is 6.11 Å². The molecule has 2 heterocycles. The van der Waals surface area contributed by atoms with Gasteiger partial charge in [-0.15, -0.1) is 4.37 Å². The fraction of sp³-hybridized carbons (Fsp3) is 0.500. The maximum atomic E-state index is 13.8. The minimum atomic E-state index is -3.21. The van der Waals surface area contributed by atoms with E-state index in [0.717, 1.165) is 24.6 Å². The Bertz CT molecular complexity index is 589. The van der Waals surface area contributed by atoms with Crippen LogP contribution in [0.15, 0.2) is 24.5 Å². The lowest BCUT2D eigenvalue weighted by molar-refractivity contribution is -0.671. The summed E-state index contributed by atoms with van der Waals surface area (Å²) in [4.78, 5) is 0. The molecule has 4 nitrogen and oxygen atoms in total. The lowest BCUT2D eigenvalue weighted by atomic mass is 10.2. The lowest BCUT2D eigenvalue weighted by Gasteiger charge is -2.16. The largest absolute Gasteiger partial charge is 0.411 e. The fourth-order valence-electron chi connectivity index (χ4n) is 1.93. The molecule has 0 radical (unpaired) electrons. The third kappa shape index (κ3) is 4.42. The van der Waals surface area contributed by atoms with E-state index in [2.05, 4.69) is 8.75 Å². The van der Waals surface area contributed by atoms with E-state index >= 15 is 0 Å². The van der Waals surface area contributed by atoms with E-state index in [1.807, 2.05) is 30.8 Å². The van der Waals surface area contributed by atoms with Gasteiger partial charge in [0.2, 0.25) is 0 Å². The third-order valence-corrected chi connectivity index (χ3v) is 3.50. The molecular formula is C14H18F2N3OS+. The molecule has 21 heavy (non-hydrogen) atoms. The molecule has 7 heteroatoms. The second-order valence-corrected chi connectivity index (χ2v) is 5.40. The van der Waals surface area contributed by atoms with Crippen molar-refractivity contribution in [3.05, 3.63) is 24.5 Å². The van der Waals surface area contributed by atoms with Crippen LogP contribution in [0.2, 0.25) is 0 Å². The molecule has 0 aliphatic carbocycles. The summed E-state index contributed by atoms with van der Waals surface area (Å²) in [5.41, 5.74) is 1.06. The number of halogens is 2. The molecule has 0 fully saturated rings. The van der Waals surface area contributed by atoms with Gasteiger partial charge in [-0.05, 0) is 12.5 Å². The quantitative estimate of drug-likeness (QED) is 0.579. The van der Waals surface area contributed by atoms with E-state index < -0.39 is 6.11 Å². The van der Waals surface area contributed by atoms with Crippen molar-refractivity contribution in [3.8, 4) is 17.1 Å². The number of pyridine rings is 1. The van der Waals surface area contributed by atoms with Crippen LogP contribution in [0.3, 0.4) is 0 Å². The zero-order chi connectivity index (χ0) is 15.3. The van der Waals surface area contributed by atoms with Gasteiger partial charge in [0.25, 0.3) is 5.88 Å². The first kappa shape index (κ1) is 15.8. The summed E-state index contributed by atoms with van der Waals surface area (Å²) in [6, 6.07) is 3.61. The molecule has 2 aromatic rings. The first-order valence-corrected chi connectivity index (χ1v) is 7.60. The molecule has 0 aromatic carbocycles. The molecule has 0 N–H and O–H groups in total. The lowest BCUT2D eigenvalue weighted by Crippen LogP contribution is -2.27. The molecule has 114 valence electrons. The Labute approximate surface area is 126 Å². The van der Waals surface area contributed by atoms with Gasteiger partial charge in [-0.3, -0.25) is 0 Å². The maximum absolute atomic E-state index is 13.8. The van der Waals surface area contributed by atoms with E-state index in [0.29, 0.717) is 17.7 Å². The second kappa shape index (κ2) is 6.89. The number of alkyl halides is 2. The van der Waals surface area contributed by atoms with E-state index in [9.17, 15) is 8.78 Å². The van der Waals surface area contributed by atoms with E-state index in [4.69, 9.17) is 4.74 Å². The summed E-state index contributed by atoms with van der Waals surface area (Å²) in [5.74, 6) is -0.104. The van der Waals surface area contributed by atoms with Crippen LogP contribution in [0.5, 0.6) is 5.88 Å². The molecule has 0 atom stereocenters. The Morgan fingerprint density at radius 2 is 2.14 bits per heavy atom. The zero-order valence-corrected chi connectivity index (χ0v) is 12.9. The molecule has 0 aliphatic heterocycles. The Kier molecular flexibility index (Phi) is 5.17. The zero-order valence-electron chi connectivity index (χ0n) is 12.1. The standard InChI is InChI=1S/C14H18F2N3OS/c1-3-4-5-8-14(15,16)20-13-12(17-21-18-13)11-7-6-9-19(2)10-11/h6-7,9-10H,3-5,8H2,1-2H3/q+1. The van der Waals surface area contributed by atoms with Crippen LogP contribution in [-0.2, 0) is 7.05 Å². The summed E-state index contributed by atoms with van der Waals surface area (Å²) in [5, 5.41) is 0. The average molecular weight is 314 g/mol. The fourth-order valence-corrected chi connectivity index (χ4v) is 2.43. The topological polar surface area (TPSA) is 38.9 Å². The molecule has 2 rings (SSSR count). The Hall–Kier alpha value is -1.63. The van der Waals surface area contributed by atoms with Crippen molar-refractivity contribution in [1.29, 1.82) is 0 Å². The van der Waals surface area contributed by atoms with Crippen molar-refractivity contribution >= 4 is 11.7 Å². The summed E-state index contributed by atoms with van der Waals surface area (Å²) in [7, 11) is 1.85. The van der Waals surface area contributed by atoms with Gasteiger partial charge < -0.3 is 4.74 Å². The number of nitrogens with zero attached hydrogens (tertiary/aromatic N) is 3. The highest BCUT2D eigenvalue weighted by Gasteiger charge is 2.33. The predicted octanol–water partition coefficient (Wildman–Crippen LogP) is 3.58. The van der Waals surface area contributed by atoms with Crippen LogP contribution in [0.25, 0.3) is 11.3 Å². The van der Waals surface area contributed by atoms with Gasteiger partial charge in [0.05, 0.1) is 23.7 Å². The normalized spacial score (nSPS) is 11.6. The van der Waals surface area contributed by atoms with Crippen LogP contribution in [-0.4, -0.2) is 14.9 Å². The van der Waals surface area contributed by atoms with Gasteiger partial charge in [0.1, 0.15) is 7.05 Å². The van der Waals surface area contributed by atoms with Gasteiger partial charge in [-0.25, -0.2) is 4.57 Å². The SMILES string of the molecule is CCCCCC(F)(F)Oc1nsnc1-c1ccc[n+](C)c1. The second-order valence-electron chi connectivity index (χ2n) is 4.87. The van der Waals surface area contributed by atoms with E-state index in [1.165, 1.54) is 0 Å². The molecule has 2 aromatic heterocycles. The Morgan fingerprint density at radius 3 is 2.86 bits per heavy atom. The van der Waals surface area contributed by atoms with Gasteiger partial charge in [0, 0.05) is 6.07 Å². The van der Waals surface area contributed by atoms with Gasteiger partial charge in [-0.2, -0.15) is 13.2 Å². The van der Waals surface area contributed by atoms with Crippen LogP contribution >= 0.6 is 11.7 Å². The van der Waals surface area contributed by atoms with Crippen molar-refractivity contribution in [2.75, 3.05) is 0 Å². The number of aromatic nitrogens is 3. The monoisotopic (exact) mass is 314 g/mol. The molecule has 0 bridgehead atoms. The smallest absolute Gasteiger partial charge is 0.399 e. The highest BCUT2D eigenvalue weighted by Crippen LogP contribution is 2.32. The summed E-state index contributed by atoms with van der Waals surface area (Å²) >= 11 is 0.868. The summed E-state index contributed by atoms with van der Waals surface area (Å²) in [6.45, 7) is 1.97. The molecule has 0 amide bonds. The van der Waals surface area contributed by atoms with Crippen LogP contribution in [0, 0.1) is 0 Å². The highest BCUT2D eigenvalue weighted by molar-refractivity contribution is 6.99. The van der Waals surface area contributed by atoms with Gasteiger partial charge in [-0.1, -0.05) is 19.8 Å².